The van der Waals surface area contributed by atoms with E-state index in [9.17, 15) is 4.79 Å². The predicted octanol–water partition coefficient (Wildman–Crippen LogP) is 2.65. The third kappa shape index (κ3) is 3.63. The van der Waals surface area contributed by atoms with Gasteiger partial charge in [-0.05, 0) is 0 Å². The minimum atomic E-state index is -0.295. The van der Waals surface area contributed by atoms with Crippen LogP contribution in [0.25, 0.3) is 0 Å². The van der Waals surface area contributed by atoms with E-state index >= 15 is 0 Å². The van der Waals surface area contributed by atoms with E-state index in [0.29, 0.717) is 5.75 Å². The fraction of sp³-hybridized carbons (Fsp3) is 0.0714. The van der Waals surface area contributed by atoms with Crippen molar-refractivity contribution >= 4 is 22.6 Å². The number of hydrogen-bond acceptors (Lipinski definition) is 3. The van der Waals surface area contributed by atoms with E-state index in [0.717, 1.165) is 11.3 Å². The summed E-state index contributed by atoms with van der Waals surface area (Å²) in [7, 11) is 0. The summed E-state index contributed by atoms with van der Waals surface area (Å²) < 4.78 is 10.2. The Labute approximate surface area is 114 Å². The van der Waals surface area contributed by atoms with Gasteiger partial charge in [0.15, 0.2) is 0 Å². The van der Waals surface area contributed by atoms with Crippen LogP contribution >= 0.6 is 0 Å². The van der Waals surface area contributed by atoms with E-state index in [1.54, 1.807) is 0 Å². The van der Waals surface area contributed by atoms with Crippen LogP contribution in [0.1, 0.15) is 5.56 Å². The van der Waals surface area contributed by atoms with Crippen LogP contribution in [0.5, 0.6) is 11.5 Å². The number of rotatable bonds is 4. The normalized spacial score (nSPS) is 9.89. The maximum atomic E-state index is 11.2. The molecule has 0 radical (unpaired) electrons. The summed E-state index contributed by atoms with van der Waals surface area (Å²) >= 11 is 1.95. The van der Waals surface area contributed by atoms with Crippen LogP contribution in [0, 0.1) is 0 Å². The van der Waals surface area contributed by atoms with Crippen molar-refractivity contribution < 1.29 is 13.3 Å². The monoisotopic (exact) mass is 254 g/mol. The Balaban J connectivity index is 2.10. The standard InChI is InChI=1S/C14H12O3.Al/c15-14(16)10-11-5-4-8-13(9-11)17-12-6-2-1-3-7-12;/h1-9H,10H2,(H,15,16);/q;+3/p-1. The van der Waals surface area contributed by atoms with Crippen molar-refractivity contribution in [3.05, 3.63) is 60.2 Å². The molecule has 0 fully saturated rings. The quantitative estimate of drug-likeness (QED) is 0.787. The molecule has 0 aromatic heterocycles. The summed E-state index contributed by atoms with van der Waals surface area (Å²) in [6.07, 6.45) is 0.232. The zero-order valence-corrected chi connectivity index (χ0v) is 10.9. The molecular weight excluding hydrogens is 243 g/mol. The predicted molar refractivity (Wildman–Crippen MR) is 68.5 cm³/mol. The van der Waals surface area contributed by atoms with Gasteiger partial charge in [0.05, 0.1) is 0 Å². The van der Waals surface area contributed by atoms with Gasteiger partial charge in [0, 0.05) is 0 Å². The van der Waals surface area contributed by atoms with Gasteiger partial charge < -0.3 is 0 Å². The van der Waals surface area contributed by atoms with Crippen LogP contribution in [0.3, 0.4) is 0 Å². The van der Waals surface area contributed by atoms with Crippen molar-refractivity contribution in [1.82, 2.24) is 0 Å². The van der Waals surface area contributed by atoms with E-state index in [-0.39, 0.29) is 12.4 Å². The summed E-state index contributed by atoms with van der Waals surface area (Å²) in [5, 5.41) is 0. The fourth-order valence-electron chi connectivity index (χ4n) is 1.55. The molecule has 0 saturated carbocycles. The second kappa shape index (κ2) is 6.25. The Hall–Kier alpha value is -1.76. The van der Waals surface area contributed by atoms with E-state index < -0.39 is 0 Å². The summed E-state index contributed by atoms with van der Waals surface area (Å²) in [5.74, 6) is 1.18. The van der Waals surface area contributed by atoms with Gasteiger partial charge in [0.25, 0.3) is 0 Å². The van der Waals surface area contributed by atoms with Gasteiger partial charge in [-0.25, -0.2) is 0 Å². The second-order valence-electron chi connectivity index (χ2n) is 3.73. The number of hydrogen-bond donors (Lipinski definition) is 0. The van der Waals surface area contributed by atoms with E-state index in [1.165, 1.54) is 0 Å². The summed E-state index contributed by atoms with van der Waals surface area (Å²) in [5.41, 5.74) is 0.857. The van der Waals surface area contributed by atoms with Crippen LogP contribution in [0.4, 0.5) is 0 Å². The van der Waals surface area contributed by atoms with Gasteiger partial charge in [-0.15, -0.1) is 0 Å². The van der Waals surface area contributed by atoms with Crippen molar-refractivity contribution in [2.75, 3.05) is 0 Å². The topological polar surface area (TPSA) is 35.5 Å². The second-order valence-corrected chi connectivity index (χ2v) is 3.96. The average molecular weight is 254 g/mol. The minimum absolute atomic E-state index is 0.232. The first-order valence-electron chi connectivity index (χ1n) is 5.49. The third-order valence-corrected chi connectivity index (χ3v) is 2.62. The van der Waals surface area contributed by atoms with Crippen LogP contribution in [0.15, 0.2) is 54.6 Å². The van der Waals surface area contributed by atoms with Gasteiger partial charge in [-0.1, -0.05) is 0 Å². The molecule has 2 rings (SSSR count). The molecule has 3 nitrogen and oxygen atoms in total. The zero-order chi connectivity index (χ0) is 12.8. The Morgan fingerprint density at radius 3 is 2.44 bits per heavy atom. The van der Waals surface area contributed by atoms with Crippen molar-refractivity contribution in [3.63, 3.8) is 0 Å². The molecule has 0 bridgehead atoms. The van der Waals surface area contributed by atoms with Crippen LogP contribution < -0.4 is 4.74 Å². The Kier molecular flexibility index (Phi) is 4.41. The van der Waals surface area contributed by atoms with Crippen LogP contribution in [-0.2, 0) is 15.0 Å². The van der Waals surface area contributed by atoms with Crippen molar-refractivity contribution in [3.8, 4) is 11.5 Å². The Morgan fingerprint density at radius 1 is 1.00 bits per heavy atom. The molecular formula is C14H11AlO3+2. The van der Waals surface area contributed by atoms with Gasteiger partial charge in [0.1, 0.15) is 0 Å². The SMILES string of the molecule is O=C(Cc1cccc(Oc2ccccc2)c1)[O][Al+2]. The number of carbonyl (C=O) groups is 1. The third-order valence-electron chi connectivity index (χ3n) is 2.36. The molecule has 0 aliphatic rings. The first kappa shape index (κ1) is 12.7. The molecule has 4 heteroatoms. The molecule has 0 spiro atoms. The molecule has 2 aromatic carbocycles. The molecule has 0 amide bonds. The number of ether oxygens (including phenoxy) is 1. The number of para-hydroxylation sites is 1. The molecule has 0 saturated heterocycles. The molecule has 86 valence electrons. The fourth-order valence-corrected chi connectivity index (χ4v) is 1.64. The average Bonchev–Trinajstić information content (AvgIpc) is 2.40. The van der Waals surface area contributed by atoms with E-state index in [4.69, 9.17) is 4.74 Å². The first-order chi connectivity index (χ1) is 8.78. The summed E-state index contributed by atoms with van der Waals surface area (Å²) in [6, 6.07) is 16.9. The molecule has 0 atom stereocenters. The molecule has 0 N–H and O–H groups in total. The van der Waals surface area contributed by atoms with Gasteiger partial charge in [-0.3, -0.25) is 0 Å². The zero-order valence-electron chi connectivity index (χ0n) is 9.71. The molecule has 0 unspecified atom stereocenters. The first-order valence-corrected chi connectivity index (χ1v) is 5.96. The Morgan fingerprint density at radius 2 is 1.72 bits per heavy atom. The van der Waals surface area contributed by atoms with Crippen molar-refractivity contribution in [1.29, 1.82) is 0 Å². The van der Waals surface area contributed by atoms with Gasteiger partial charge in [-0.2, -0.15) is 0 Å². The number of benzene rings is 2. The van der Waals surface area contributed by atoms with Crippen molar-refractivity contribution in [2.24, 2.45) is 0 Å². The molecule has 2 aromatic rings. The molecule has 0 aliphatic heterocycles. The molecule has 0 heterocycles. The summed E-state index contributed by atoms with van der Waals surface area (Å²) in [6.45, 7) is 0. The van der Waals surface area contributed by atoms with Gasteiger partial charge >= 0.3 is 114 Å². The molecule has 18 heavy (non-hydrogen) atoms. The maximum absolute atomic E-state index is 11.2. The molecule has 0 aliphatic carbocycles. The van der Waals surface area contributed by atoms with Crippen LogP contribution in [0.2, 0.25) is 0 Å². The summed E-state index contributed by atoms with van der Waals surface area (Å²) in [4.78, 5) is 11.2. The van der Waals surface area contributed by atoms with E-state index in [1.807, 2.05) is 71.2 Å². The van der Waals surface area contributed by atoms with Gasteiger partial charge in [0.2, 0.25) is 0 Å². The number of carbonyl (C=O) groups excluding carboxylic acids is 1. The van der Waals surface area contributed by atoms with E-state index in [2.05, 4.69) is 3.79 Å². The Bertz CT molecular complexity index is 526. The van der Waals surface area contributed by atoms with Crippen molar-refractivity contribution in [2.45, 2.75) is 6.42 Å². The van der Waals surface area contributed by atoms with Crippen LogP contribution in [-0.4, -0.2) is 22.6 Å².